The van der Waals surface area contributed by atoms with Crippen molar-refractivity contribution in [1.82, 2.24) is 0 Å². The maximum atomic E-state index is 2.94. The van der Waals surface area contributed by atoms with Crippen molar-refractivity contribution < 1.29 is 0 Å². The quantitative estimate of drug-likeness (QED) is 0.163. The molecule has 0 saturated carbocycles. The Balaban J connectivity index is 2.85. The van der Waals surface area contributed by atoms with Gasteiger partial charge in [-0.2, -0.15) is 0 Å². The second-order valence-electron chi connectivity index (χ2n) is 21.3. The molecule has 0 unspecified atom stereocenters. The van der Waals surface area contributed by atoms with Crippen LogP contribution in [0.1, 0.15) is 48.9 Å². The van der Waals surface area contributed by atoms with E-state index >= 15 is 0 Å². The molecule has 1 aliphatic rings. The average Bonchev–Trinajstić information content (AvgIpc) is 3.22. The monoisotopic (exact) mass is 826 g/mol. The van der Waals surface area contributed by atoms with Gasteiger partial charge in [0.25, 0.3) is 6.37 Å². The Kier molecular flexibility index (Phi) is 13.0. The van der Waals surface area contributed by atoms with Crippen LogP contribution in [0.3, 0.4) is 0 Å². The van der Waals surface area contributed by atoms with Crippen molar-refractivity contribution in [3.05, 3.63) is 57.6 Å². The summed E-state index contributed by atoms with van der Waals surface area (Å²) >= 11 is 0. The summed E-state index contributed by atoms with van der Waals surface area (Å²) in [6, 6.07) is 10.9. The van der Waals surface area contributed by atoms with Gasteiger partial charge in [0.15, 0.2) is 0 Å². The minimum absolute atomic E-state index is 0.726. The molecule has 0 radical (unpaired) electrons. The van der Waals surface area contributed by atoms with E-state index in [9.17, 15) is 0 Å². The van der Waals surface area contributed by atoms with Crippen molar-refractivity contribution in [3.8, 4) is 0 Å². The van der Waals surface area contributed by atoms with Gasteiger partial charge in [-0.25, -0.2) is 0 Å². The maximum absolute atomic E-state index is 2.94. The normalized spacial score (nSPS) is 17.0. The maximum Gasteiger partial charge on any atom is 0.265 e. The first-order chi connectivity index (χ1) is 20.8. The van der Waals surface area contributed by atoms with Gasteiger partial charge in [0, 0.05) is 48.4 Å². The zero-order valence-electron chi connectivity index (χ0n) is 34.2. The van der Waals surface area contributed by atoms with Gasteiger partial charge in [-0.05, 0) is 94.1 Å². The third-order valence-electron chi connectivity index (χ3n) is 10.0. The lowest BCUT2D eigenvalue weighted by atomic mass is 10.1. The van der Waals surface area contributed by atoms with Crippen molar-refractivity contribution in [2.24, 2.45) is 0 Å². The van der Waals surface area contributed by atoms with Crippen molar-refractivity contribution in [3.63, 3.8) is 0 Å². The highest BCUT2D eigenvalue weighted by atomic mass is 33.8. The number of hydrogen-bond acceptors (Lipinski definition) is 4. The largest absolute Gasteiger partial charge is 0.265 e. The third kappa shape index (κ3) is 9.30. The summed E-state index contributed by atoms with van der Waals surface area (Å²) in [5.41, 5.74) is 9.95. The zero-order valence-corrected chi connectivity index (χ0v) is 44.4. The van der Waals surface area contributed by atoms with E-state index in [0.29, 0.717) is 0 Å². The molecule has 1 fully saturated rings. The summed E-state index contributed by atoms with van der Waals surface area (Å²) in [7, 11) is -0.662. The lowest BCUT2D eigenvalue weighted by molar-refractivity contribution is 1.10. The van der Waals surface area contributed by atoms with E-state index in [0.717, 1.165) is 15.5 Å². The number of aryl methyl sites for hydroxylation is 3. The van der Waals surface area contributed by atoms with Gasteiger partial charge in [-0.15, -0.1) is 0 Å². The Hall–Kier alpha value is 1.36. The second kappa shape index (κ2) is 14.3. The van der Waals surface area contributed by atoms with Crippen molar-refractivity contribution in [2.75, 3.05) is 0 Å². The molecule has 1 saturated heterocycles. The molecule has 2 aromatic carbocycles. The molecule has 0 bridgehead atoms. The van der Waals surface area contributed by atoms with Gasteiger partial charge < -0.3 is 0 Å². The average molecular weight is 828 g/mol. The fraction of sp³-hybridized carbons (Fsp3) is 0.667. The van der Waals surface area contributed by atoms with Crippen LogP contribution in [-0.2, 0) is 0 Å². The molecule has 0 atom stereocenters. The van der Waals surface area contributed by atoms with Crippen LogP contribution in [0.4, 0.5) is 0 Å². The summed E-state index contributed by atoms with van der Waals surface area (Å²) < 4.78 is 0. The minimum Gasteiger partial charge on any atom is -0.0831 e. The van der Waals surface area contributed by atoms with E-state index in [4.69, 9.17) is 0 Å². The van der Waals surface area contributed by atoms with Crippen LogP contribution in [0.5, 0.6) is 0 Å². The van der Waals surface area contributed by atoms with Gasteiger partial charge in [-0.3, -0.25) is 0 Å². The number of rotatable bonds is 11. The standard InChI is InChI=1S/C36H70S4Si7/c1-26-22-27(2)32(28(3)23-26)47(39-37-38-40-47)33-30(35(43(10,11)12)44(13,14)15)24-29(34(41(4,5)6)42(7,8)9)25-31(33)36(45(16,17)18)46(19,20)21/h22-25,34-36H,1-21H3. The van der Waals surface area contributed by atoms with Gasteiger partial charge in [0.05, 0.1) is 0 Å². The van der Waals surface area contributed by atoms with Crippen LogP contribution < -0.4 is 10.4 Å². The SMILES string of the molecule is Cc1cc(C)c([Si]2(c3c(C([Si](C)(C)C)[Si](C)(C)C)cc(C([Si](C)(C)C)[Si](C)(C)C)cc3C([Si](C)(C)C)[Si](C)(C)C)SSSS2)c(C)c1. The van der Waals surface area contributed by atoms with Crippen molar-refractivity contribution in [2.45, 2.75) is 154 Å². The third-order valence-corrected chi connectivity index (χ3v) is 60.5. The molecule has 0 spiro atoms. The molecule has 1 aliphatic heterocycles. The van der Waals surface area contributed by atoms with E-state index in [1.165, 1.54) is 16.7 Å². The van der Waals surface area contributed by atoms with Crippen LogP contribution in [0, 0.1) is 20.8 Å². The molecule has 0 aliphatic carbocycles. The van der Waals surface area contributed by atoms with E-state index in [1.54, 1.807) is 10.8 Å². The van der Waals surface area contributed by atoms with Crippen molar-refractivity contribution in [1.29, 1.82) is 0 Å². The Morgan fingerprint density at radius 3 is 1.00 bits per heavy atom. The molecule has 266 valence electrons. The topological polar surface area (TPSA) is 0 Å². The van der Waals surface area contributed by atoms with Crippen LogP contribution in [-0.4, -0.2) is 54.8 Å². The predicted molar refractivity (Wildman–Crippen MR) is 251 cm³/mol. The molecule has 0 nitrogen and oxygen atoms in total. The summed E-state index contributed by atoms with van der Waals surface area (Å²) in [4.78, 5) is 0. The van der Waals surface area contributed by atoms with Gasteiger partial charge in [0.1, 0.15) is 0 Å². The Morgan fingerprint density at radius 2 is 0.723 bits per heavy atom. The molecule has 0 N–H and O–H groups in total. The van der Waals surface area contributed by atoms with E-state index < -0.39 is 54.8 Å². The second-order valence-corrected chi connectivity index (χ2v) is 69.4. The first-order valence-electron chi connectivity index (χ1n) is 17.8. The van der Waals surface area contributed by atoms with E-state index in [-0.39, 0.29) is 0 Å². The van der Waals surface area contributed by atoms with Crippen LogP contribution in [0.15, 0.2) is 24.3 Å². The lowest BCUT2D eigenvalue weighted by Gasteiger charge is -2.48. The number of hydrogen-bond donors (Lipinski definition) is 0. The fourth-order valence-corrected chi connectivity index (χ4v) is 81.9. The van der Waals surface area contributed by atoms with Gasteiger partial charge in [0.2, 0.25) is 0 Å². The summed E-state index contributed by atoms with van der Waals surface area (Å²) in [6.07, 6.45) is -2.31. The lowest BCUT2D eigenvalue weighted by Crippen LogP contribution is -2.61. The predicted octanol–water partition coefficient (Wildman–Crippen LogP) is 13.4. The molecule has 11 heteroatoms. The molecular formula is C36H70S4Si7. The van der Waals surface area contributed by atoms with Crippen LogP contribution in [0.25, 0.3) is 0 Å². The Labute approximate surface area is 314 Å². The first kappa shape index (κ1) is 42.8. The van der Waals surface area contributed by atoms with Crippen LogP contribution >= 0.6 is 40.1 Å². The number of benzene rings is 2. The molecule has 0 amide bonds. The van der Waals surface area contributed by atoms with E-state index in [2.05, 4.69) is 203 Å². The van der Waals surface area contributed by atoms with Gasteiger partial charge in [-0.1, -0.05) is 168 Å². The van der Waals surface area contributed by atoms with Crippen LogP contribution in [0.2, 0.25) is 118 Å². The minimum atomic E-state index is -2.31. The smallest absolute Gasteiger partial charge is 0.0831 e. The molecule has 2 aromatic rings. The zero-order chi connectivity index (χ0) is 36.5. The molecule has 1 heterocycles. The van der Waals surface area contributed by atoms with E-state index in [1.807, 2.05) is 16.3 Å². The first-order valence-corrected chi connectivity index (χ1v) is 47.5. The Morgan fingerprint density at radius 1 is 0.426 bits per heavy atom. The molecular weight excluding hydrogens is 757 g/mol. The highest BCUT2D eigenvalue weighted by Gasteiger charge is 2.55. The Bertz CT molecular complexity index is 1320. The highest BCUT2D eigenvalue weighted by molar-refractivity contribution is 9.42. The highest BCUT2D eigenvalue weighted by Crippen LogP contribution is 2.63. The summed E-state index contributed by atoms with van der Waals surface area (Å²) in [5, 5.41) is 5.83. The van der Waals surface area contributed by atoms with Crippen molar-refractivity contribution >= 4 is 105 Å². The molecule has 47 heavy (non-hydrogen) atoms. The van der Waals surface area contributed by atoms with Gasteiger partial charge >= 0.3 is 0 Å². The fourth-order valence-electron chi connectivity index (χ4n) is 10.6. The molecule has 0 aromatic heterocycles. The summed E-state index contributed by atoms with van der Waals surface area (Å²) in [6.45, 7) is 55.8. The summed E-state index contributed by atoms with van der Waals surface area (Å²) in [5.74, 6) is 0. The molecule has 3 rings (SSSR count).